The fourth-order valence-corrected chi connectivity index (χ4v) is 1.01. The van der Waals surface area contributed by atoms with Crippen LogP contribution in [0.5, 0.6) is 0 Å². The fraction of sp³-hybridized carbons (Fsp3) is 0.875. The first-order chi connectivity index (χ1) is 5.79. The van der Waals surface area contributed by atoms with Crippen LogP contribution >= 0.6 is 23.2 Å². The molecule has 0 N–H and O–H groups in total. The van der Waals surface area contributed by atoms with E-state index in [0.717, 1.165) is 19.8 Å². The Balaban J connectivity index is 0. The Morgan fingerprint density at radius 1 is 1.46 bits per heavy atom. The molecule has 0 saturated heterocycles. The third-order valence-corrected chi connectivity index (χ3v) is 1.67. The summed E-state index contributed by atoms with van der Waals surface area (Å²) in [6.45, 7) is 3.11. The number of unbranched alkanes of at least 4 members (excludes halogenated alkanes) is 2. The second-order valence-corrected chi connectivity index (χ2v) is 5.33. The van der Waals surface area contributed by atoms with E-state index < -0.39 is 9.27 Å². The van der Waals surface area contributed by atoms with Crippen LogP contribution < -0.4 is 5.11 Å². The maximum atomic E-state index is 8.89. The Morgan fingerprint density at radius 3 is 2.08 bits per heavy atom. The zero-order chi connectivity index (χ0) is 10.9. The normalized spacial score (nSPS) is 10.3. The van der Waals surface area contributed by atoms with Gasteiger partial charge in [-0.1, -0.05) is 0 Å². The van der Waals surface area contributed by atoms with Crippen molar-refractivity contribution in [1.29, 1.82) is 0 Å². The molecule has 0 heterocycles. The third kappa shape index (κ3) is 32.6. The van der Waals surface area contributed by atoms with Crippen LogP contribution in [0.15, 0.2) is 0 Å². The summed E-state index contributed by atoms with van der Waals surface area (Å²) in [7, 11) is 0. The van der Waals surface area contributed by atoms with E-state index in [9.17, 15) is 0 Å². The minimum atomic E-state index is -1.08. The van der Waals surface area contributed by atoms with E-state index in [1.807, 2.05) is 0 Å². The van der Waals surface area contributed by atoms with Gasteiger partial charge in [-0.2, -0.15) is 0 Å². The van der Waals surface area contributed by atoms with Gasteiger partial charge in [0, 0.05) is 5.97 Å². The second kappa shape index (κ2) is 9.11. The van der Waals surface area contributed by atoms with E-state index in [1.54, 1.807) is 0 Å². The molecule has 13 heavy (non-hydrogen) atoms. The van der Waals surface area contributed by atoms with Gasteiger partial charge in [0.2, 0.25) is 0 Å². The van der Waals surface area contributed by atoms with Gasteiger partial charge in [0.05, 0.1) is 0 Å². The van der Waals surface area contributed by atoms with Gasteiger partial charge in [0.25, 0.3) is 0 Å². The predicted molar refractivity (Wildman–Crippen MR) is 49.3 cm³/mol. The molecule has 0 radical (unpaired) electrons. The molecule has 0 saturated carbocycles. The summed E-state index contributed by atoms with van der Waals surface area (Å²) >= 11 is 15.6. The number of rotatable bonds is 4. The van der Waals surface area contributed by atoms with E-state index in [0.29, 0.717) is 0 Å². The molecule has 0 bridgehead atoms. The van der Waals surface area contributed by atoms with E-state index in [2.05, 4.69) is 22.4 Å². The third-order valence-electron chi connectivity index (χ3n) is 1.05. The van der Waals surface area contributed by atoms with Gasteiger partial charge >= 0.3 is 74.6 Å². The molecule has 2 nitrogen and oxygen atoms in total. The Labute approximate surface area is 97.3 Å². The molecule has 0 aromatic heterocycles. The van der Waals surface area contributed by atoms with Crippen molar-refractivity contribution in [3.63, 3.8) is 0 Å². The van der Waals surface area contributed by atoms with Crippen molar-refractivity contribution in [2.45, 2.75) is 42.8 Å². The quantitative estimate of drug-likeness (QED) is 0.446. The van der Waals surface area contributed by atoms with Gasteiger partial charge in [-0.05, 0) is 6.92 Å². The van der Waals surface area contributed by atoms with Crippen molar-refractivity contribution in [2.24, 2.45) is 0 Å². The van der Waals surface area contributed by atoms with Crippen molar-refractivity contribution in [1.82, 2.24) is 0 Å². The van der Waals surface area contributed by atoms with Crippen LogP contribution in [0, 0.1) is 0 Å². The molecule has 0 aliphatic heterocycles. The molecule has 0 rings (SSSR count). The number of carbonyl (C=O) groups is 1. The molecule has 0 spiro atoms. The van der Waals surface area contributed by atoms with Gasteiger partial charge in [0.1, 0.15) is 0 Å². The first kappa shape index (κ1) is 16.0. The monoisotopic (exact) mass is 270 g/mol. The molecule has 0 aromatic rings. The Morgan fingerprint density at radius 2 is 1.85 bits per heavy atom. The number of carboxylic acids is 1. The summed E-state index contributed by atoms with van der Waals surface area (Å²) in [5, 5.41) is 8.89. The molecular formula is C8H14Cl2NiO2. The van der Waals surface area contributed by atoms with Crippen molar-refractivity contribution >= 4 is 29.2 Å². The van der Waals surface area contributed by atoms with Gasteiger partial charge < -0.3 is 9.90 Å². The average Bonchev–Trinajstić information content (AvgIpc) is 1.83. The molecular weight excluding hydrogens is 258 g/mol. The van der Waals surface area contributed by atoms with Crippen LogP contribution in [-0.4, -0.2) is 9.27 Å². The molecule has 0 amide bonds. The van der Waals surface area contributed by atoms with Gasteiger partial charge in [-0.15, -0.1) is 0 Å². The minimum absolute atomic E-state index is 0.740. The number of carboxylic acid groups (broad SMARTS) is 1. The summed E-state index contributed by atoms with van der Waals surface area (Å²) in [5.41, 5.74) is 0. The molecule has 5 heteroatoms. The first-order valence-electron chi connectivity index (χ1n) is 4.00. The van der Waals surface area contributed by atoms with Crippen LogP contribution in [-0.2, 0) is 20.3 Å². The van der Waals surface area contributed by atoms with Crippen LogP contribution in [0.3, 0.4) is 0 Å². The van der Waals surface area contributed by atoms with Crippen LogP contribution in [0.4, 0.5) is 0 Å². The van der Waals surface area contributed by atoms with Crippen LogP contribution in [0.25, 0.3) is 0 Å². The zero-order valence-corrected chi connectivity index (χ0v) is 10.2. The molecule has 0 fully saturated rings. The molecule has 0 atom stereocenters. The number of halogens is 2. The molecule has 0 aliphatic carbocycles. The Kier molecular flexibility index (Phi) is 11.2. The molecule has 0 aliphatic rings. The fourth-order valence-electron chi connectivity index (χ4n) is 0.565. The van der Waals surface area contributed by atoms with Gasteiger partial charge in [-0.3, -0.25) is 0 Å². The van der Waals surface area contributed by atoms with Crippen molar-refractivity contribution in [2.75, 3.05) is 0 Å². The van der Waals surface area contributed by atoms with E-state index in [4.69, 9.17) is 33.1 Å². The Hall–Kier alpha value is 0.544. The predicted octanol–water partition coefficient (Wildman–Crippen LogP) is 2.00. The van der Waals surface area contributed by atoms with Crippen LogP contribution in [0.2, 0.25) is 0 Å². The first-order valence-corrected chi connectivity index (χ1v) is 5.25. The summed E-state index contributed by atoms with van der Waals surface area (Å²) in [5.74, 6) is -1.08. The summed E-state index contributed by atoms with van der Waals surface area (Å²) in [6.07, 6.45) is 4.14. The number of alkyl halides is 2. The summed E-state index contributed by atoms with van der Waals surface area (Å²) in [4.78, 5) is 8.89. The molecule has 82 valence electrons. The summed E-state index contributed by atoms with van der Waals surface area (Å²) < 4.78 is -0.880. The molecule has 0 unspecified atom stereocenters. The maximum absolute atomic E-state index is 8.89. The van der Waals surface area contributed by atoms with Crippen molar-refractivity contribution < 1.29 is 25.4 Å². The molecule has 0 aromatic carbocycles. The van der Waals surface area contributed by atoms with E-state index in [1.165, 1.54) is 12.8 Å². The van der Waals surface area contributed by atoms with E-state index >= 15 is 0 Å². The standard InChI is InChI=1S/C6H11Cl2.C2H4O2.Ni/c1-2-3-4-5-6(7)8;1-2(3)4;/h2-5H2,1H3;1H3,(H,3,4);/q;;+1/p-1. The topological polar surface area (TPSA) is 40.1 Å². The number of aliphatic carboxylic acids is 1. The van der Waals surface area contributed by atoms with E-state index in [-0.39, 0.29) is 0 Å². The number of hydrogen-bond donors (Lipinski definition) is 0. The van der Waals surface area contributed by atoms with Crippen LogP contribution in [0.1, 0.15) is 39.5 Å². The van der Waals surface area contributed by atoms with Gasteiger partial charge in [-0.25, -0.2) is 0 Å². The van der Waals surface area contributed by atoms with Gasteiger partial charge in [0.15, 0.2) is 0 Å². The average molecular weight is 272 g/mol. The zero-order valence-electron chi connectivity index (χ0n) is 7.72. The van der Waals surface area contributed by atoms with Crippen molar-refractivity contribution in [3.05, 3.63) is 0 Å². The Bertz CT molecular complexity index is 131. The second-order valence-electron chi connectivity index (χ2n) is 2.52. The SMILES string of the molecule is CC(=O)[O-].CCCCC[C](Cl)(Cl)[Ni+]. The summed E-state index contributed by atoms with van der Waals surface area (Å²) in [6, 6.07) is 0. The number of carbonyl (C=O) groups excluding carboxylic acids is 1. The number of hydrogen-bond acceptors (Lipinski definition) is 2. The van der Waals surface area contributed by atoms with Crippen molar-refractivity contribution in [3.8, 4) is 0 Å².